The fourth-order valence-electron chi connectivity index (χ4n) is 2.80. The minimum Gasteiger partial charge on any atom is -0.103 e. The van der Waals surface area contributed by atoms with Crippen LogP contribution in [0.2, 0.25) is 0 Å². The van der Waals surface area contributed by atoms with Crippen molar-refractivity contribution in [3.63, 3.8) is 0 Å². The normalized spacial score (nSPS) is 34.7. The van der Waals surface area contributed by atoms with Gasteiger partial charge >= 0.3 is 0 Å². The van der Waals surface area contributed by atoms with Crippen molar-refractivity contribution >= 4 is 0 Å². The average molecular weight is 218 g/mol. The minimum atomic E-state index is 0.166. The van der Waals surface area contributed by atoms with Gasteiger partial charge < -0.3 is 0 Å². The van der Waals surface area contributed by atoms with E-state index < -0.39 is 0 Å². The third kappa shape index (κ3) is 1.90. The maximum atomic E-state index is 4.22. The molecule has 0 aromatic carbocycles. The van der Waals surface area contributed by atoms with Crippen LogP contribution in [0.3, 0.4) is 0 Å². The minimum absolute atomic E-state index is 0.166. The van der Waals surface area contributed by atoms with Crippen LogP contribution in [0.1, 0.15) is 53.9 Å². The van der Waals surface area contributed by atoms with E-state index in [1.165, 1.54) is 24.0 Å². The van der Waals surface area contributed by atoms with Crippen molar-refractivity contribution in [2.75, 3.05) is 0 Å². The van der Waals surface area contributed by atoms with Crippen molar-refractivity contribution < 1.29 is 0 Å². The molecule has 0 saturated heterocycles. The van der Waals surface area contributed by atoms with Gasteiger partial charge in [-0.1, -0.05) is 43.2 Å². The summed E-state index contributed by atoms with van der Waals surface area (Å²) in [5, 5.41) is 0. The van der Waals surface area contributed by atoms with E-state index in [1.807, 2.05) is 0 Å². The van der Waals surface area contributed by atoms with Crippen LogP contribution >= 0.6 is 0 Å². The van der Waals surface area contributed by atoms with Gasteiger partial charge in [0.15, 0.2) is 0 Å². The monoisotopic (exact) mass is 218 g/mol. The first kappa shape index (κ1) is 13.3. The second-order valence-corrected chi connectivity index (χ2v) is 6.01. The number of rotatable bonds is 2. The van der Waals surface area contributed by atoms with Crippen LogP contribution in [-0.4, -0.2) is 0 Å². The Morgan fingerprint density at radius 3 is 2.19 bits per heavy atom. The van der Waals surface area contributed by atoms with Gasteiger partial charge in [0.05, 0.1) is 0 Å². The molecule has 0 aliphatic heterocycles. The first-order chi connectivity index (χ1) is 7.27. The molecule has 0 bridgehead atoms. The molecule has 2 unspecified atom stereocenters. The van der Waals surface area contributed by atoms with Gasteiger partial charge in [0.1, 0.15) is 0 Å². The molecule has 0 N–H and O–H groups in total. The van der Waals surface area contributed by atoms with E-state index in [1.54, 1.807) is 5.57 Å². The second-order valence-electron chi connectivity index (χ2n) is 6.01. The number of hydrogen-bond acceptors (Lipinski definition) is 0. The lowest BCUT2D eigenvalue weighted by Crippen LogP contribution is -2.40. The maximum Gasteiger partial charge on any atom is 0.000359 e. The topological polar surface area (TPSA) is 0 Å². The van der Waals surface area contributed by atoms with Gasteiger partial charge in [-0.25, -0.2) is 0 Å². The van der Waals surface area contributed by atoms with Crippen LogP contribution in [0.25, 0.3) is 0 Å². The predicted molar refractivity (Wildman–Crippen MR) is 73.5 cm³/mol. The number of allylic oxidation sites excluding steroid dienone is 4. The van der Waals surface area contributed by atoms with Gasteiger partial charge in [0.2, 0.25) is 0 Å². The van der Waals surface area contributed by atoms with Crippen LogP contribution in [-0.2, 0) is 0 Å². The number of hydrogen-bond donors (Lipinski definition) is 0. The van der Waals surface area contributed by atoms with Crippen molar-refractivity contribution in [1.82, 2.24) is 0 Å². The SMILES string of the molecule is C=CC1(C)CCC(=C(C)C)CC1(C)C(=C)C. The fraction of sp³-hybridized carbons (Fsp3) is 0.625. The molecule has 1 rings (SSSR count). The lowest BCUT2D eigenvalue weighted by molar-refractivity contribution is 0.127. The Balaban J connectivity index is 3.20. The Morgan fingerprint density at radius 1 is 1.25 bits per heavy atom. The lowest BCUT2D eigenvalue weighted by Gasteiger charge is -2.50. The van der Waals surface area contributed by atoms with Gasteiger partial charge in [-0.3, -0.25) is 0 Å². The Bertz CT molecular complexity index is 341. The highest BCUT2D eigenvalue weighted by atomic mass is 14.5. The quantitative estimate of drug-likeness (QED) is 0.553. The molecular weight excluding hydrogens is 192 g/mol. The summed E-state index contributed by atoms with van der Waals surface area (Å²) in [6.45, 7) is 19.6. The summed E-state index contributed by atoms with van der Waals surface area (Å²) in [5.74, 6) is 0. The highest BCUT2D eigenvalue weighted by Gasteiger charge is 2.46. The zero-order valence-electron chi connectivity index (χ0n) is 11.6. The van der Waals surface area contributed by atoms with Gasteiger partial charge in [-0.15, -0.1) is 6.58 Å². The summed E-state index contributed by atoms with van der Waals surface area (Å²) in [4.78, 5) is 0. The molecular formula is C16H26. The standard InChI is InChI=1S/C16H26/c1-8-15(6)10-9-14(12(2)3)11-16(15,7)13(4)5/h8H,1,4,9-11H2,2-3,5-7H3. The van der Waals surface area contributed by atoms with Crippen molar-refractivity contribution in [1.29, 1.82) is 0 Å². The summed E-state index contributed by atoms with van der Waals surface area (Å²) in [7, 11) is 0. The molecule has 1 saturated carbocycles. The second kappa shape index (κ2) is 4.24. The van der Waals surface area contributed by atoms with Crippen molar-refractivity contribution in [3.05, 3.63) is 36.0 Å². The Kier molecular flexibility index (Phi) is 3.52. The maximum absolute atomic E-state index is 4.22. The Hall–Kier alpha value is -0.780. The molecule has 16 heavy (non-hydrogen) atoms. The van der Waals surface area contributed by atoms with E-state index in [9.17, 15) is 0 Å². The zero-order valence-corrected chi connectivity index (χ0v) is 11.6. The van der Waals surface area contributed by atoms with Crippen LogP contribution in [0.5, 0.6) is 0 Å². The predicted octanol–water partition coefficient (Wildman–Crippen LogP) is 5.28. The Labute approximate surface area is 101 Å². The van der Waals surface area contributed by atoms with Crippen LogP contribution < -0.4 is 0 Å². The van der Waals surface area contributed by atoms with E-state index >= 15 is 0 Å². The smallest absolute Gasteiger partial charge is 0.000359 e. The first-order valence-electron chi connectivity index (χ1n) is 6.21. The molecule has 0 heterocycles. The van der Waals surface area contributed by atoms with Gasteiger partial charge in [-0.2, -0.15) is 0 Å². The summed E-state index contributed by atoms with van der Waals surface area (Å²) in [6, 6.07) is 0. The third-order valence-electron chi connectivity index (χ3n) is 4.87. The van der Waals surface area contributed by atoms with Crippen LogP contribution in [0.15, 0.2) is 36.0 Å². The van der Waals surface area contributed by atoms with E-state index in [-0.39, 0.29) is 10.8 Å². The molecule has 0 radical (unpaired) electrons. The van der Waals surface area contributed by atoms with Crippen molar-refractivity contribution in [2.45, 2.75) is 53.9 Å². The Morgan fingerprint density at radius 2 is 1.81 bits per heavy atom. The molecule has 90 valence electrons. The highest BCUT2D eigenvalue weighted by Crippen LogP contribution is 2.56. The molecule has 0 aromatic heterocycles. The molecule has 1 aliphatic rings. The zero-order chi connectivity index (χ0) is 12.6. The molecule has 0 heteroatoms. The van der Waals surface area contributed by atoms with Crippen LogP contribution in [0, 0.1) is 10.8 Å². The largest absolute Gasteiger partial charge is 0.103 e. The summed E-state index contributed by atoms with van der Waals surface area (Å²) in [5.41, 5.74) is 4.74. The molecule has 0 aromatic rings. The summed E-state index contributed by atoms with van der Waals surface area (Å²) in [6.07, 6.45) is 5.70. The van der Waals surface area contributed by atoms with E-state index in [0.717, 1.165) is 6.42 Å². The molecule has 0 nitrogen and oxygen atoms in total. The first-order valence-corrected chi connectivity index (χ1v) is 6.21. The van der Waals surface area contributed by atoms with Gasteiger partial charge in [0, 0.05) is 5.41 Å². The lowest BCUT2D eigenvalue weighted by atomic mass is 9.54. The average Bonchev–Trinajstić information content (AvgIpc) is 2.21. The van der Waals surface area contributed by atoms with E-state index in [4.69, 9.17) is 0 Å². The van der Waals surface area contributed by atoms with Crippen molar-refractivity contribution in [3.8, 4) is 0 Å². The van der Waals surface area contributed by atoms with E-state index in [0.29, 0.717) is 0 Å². The fourth-order valence-corrected chi connectivity index (χ4v) is 2.80. The third-order valence-corrected chi connectivity index (χ3v) is 4.87. The molecule has 2 atom stereocenters. The van der Waals surface area contributed by atoms with Gasteiger partial charge in [0.25, 0.3) is 0 Å². The molecule has 0 spiro atoms. The highest BCUT2D eigenvalue weighted by molar-refractivity contribution is 5.27. The van der Waals surface area contributed by atoms with E-state index in [2.05, 4.69) is 53.9 Å². The summed E-state index contributed by atoms with van der Waals surface area (Å²) >= 11 is 0. The van der Waals surface area contributed by atoms with Crippen LogP contribution in [0.4, 0.5) is 0 Å². The van der Waals surface area contributed by atoms with Gasteiger partial charge in [-0.05, 0) is 45.4 Å². The molecule has 1 aliphatic carbocycles. The summed E-state index contributed by atoms with van der Waals surface area (Å²) < 4.78 is 0. The van der Waals surface area contributed by atoms with Crippen molar-refractivity contribution in [2.24, 2.45) is 10.8 Å². The molecule has 1 fully saturated rings. The molecule has 0 amide bonds.